The Morgan fingerprint density at radius 1 is 1.11 bits per heavy atom. The number of nitrogens with one attached hydrogen (secondary N) is 1. The second-order valence-electron chi connectivity index (χ2n) is 8.81. The lowest BCUT2D eigenvalue weighted by Gasteiger charge is -2.31. The van der Waals surface area contributed by atoms with Crippen molar-refractivity contribution in [2.45, 2.75) is 53.6 Å². The summed E-state index contributed by atoms with van der Waals surface area (Å²) in [5, 5.41) is 2.83. The summed E-state index contributed by atoms with van der Waals surface area (Å²) in [5.41, 5.74) is 0.0178. The Balaban J connectivity index is 2.49. The molecule has 1 rings (SSSR count). The zero-order valence-electron chi connectivity index (χ0n) is 18.2. The molecule has 0 aliphatic rings. The van der Waals surface area contributed by atoms with E-state index in [4.69, 9.17) is 9.47 Å². The van der Waals surface area contributed by atoms with Crippen LogP contribution in [-0.4, -0.2) is 43.9 Å². The highest BCUT2D eigenvalue weighted by Gasteiger charge is 2.36. The minimum atomic E-state index is -0.576. The standard InChI is InChI=1S/C22H34N2O4/c1-21(2,3)18(20(26)28-22(4,5)6)14-19(25)24-13-12-23-15-16-8-10-17(27-7)11-9-16/h8-11,15,18H,12-14H2,1-7H3,(H,24,25). The number of ether oxygens (including phenoxy) is 2. The number of nitrogens with zero attached hydrogens (tertiary/aromatic N) is 1. The Morgan fingerprint density at radius 2 is 1.71 bits per heavy atom. The predicted octanol–water partition coefficient (Wildman–Crippen LogP) is 3.62. The van der Waals surface area contributed by atoms with Gasteiger partial charge >= 0.3 is 5.97 Å². The van der Waals surface area contributed by atoms with Gasteiger partial charge in [-0.3, -0.25) is 14.6 Å². The maximum atomic E-state index is 12.5. The molecule has 0 saturated carbocycles. The van der Waals surface area contributed by atoms with E-state index in [0.717, 1.165) is 11.3 Å². The molecule has 1 unspecified atom stereocenters. The molecule has 156 valence electrons. The Labute approximate surface area is 168 Å². The van der Waals surface area contributed by atoms with Gasteiger partial charge in [0, 0.05) is 19.2 Å². The number of methoxy groups -OCH3 is 1. The molecule has 1 aromatic carbocycles. The van der Waals surface area contributed by atoms with Gasteiger partial charge in [-0.1, -0.05) is 20.8 Å². The highest BCUT2D eigenvalue weighted by Crippen LogP contribution is 2.31. The Kier molecular flexibility index (Phi) is 8.66. The molecule has 0 heterocycles. The summed E-state index contributed by atoms with van der Waals surface area (Å²) in [4.78, 5) is 29.1. The number of benzene rings is 1. The van der Waals surface area contributed by atoms with Gasteiger partial charge in [-0.15, -0.1) is 0 Å². The first-order valence-electron chi connectivity index (χ1n) is 9.56. The van der Waals surface area contributed by atoms with Crippen molar-refractivity contribution in [2.75, 3.05) is 20.2 Å². The summed E-state index contributed by atoms with van der Waals surface area (Å²) in [6.45, 7) is 12.2. The van der Waals surface area contributed by atoms with Crippen molar-refractivity contribution in [2.24, 2.45) is 16.3 Å². The van der Waals surface area contributed by atoms with Crippen LogP contribution in [0, 0.1) is 11.3 Å². The van der Waals surface area contributed by atoms with Gasteiger partial charge in [-0.2, -0.15) is 0 Å². The molecule has 0 aliphatic heterocycles. The first-order chi connectivity index (χ1) is 12.9. The fourth-order valence-electron chi connectivity index (χ4n) is 2.49. The van der Waals surface area contributed by atoms with Crippen LogP contribution in [0.5, 0.6) is 5.75 Å². The third-order valence-electron chi connectivity index (χ3n) is 4.05. The fourth-order valence-corrected chi connectivity index (χ4v) is 2.49. The third-order valence-corrected chi connectivity index (χ3v) is 4.05. The van der Waals surface area contributed by atoms with Crippen molar-refractivity contribution < 1.29 is 19.1 Å². The molecule has 0 bridgehead atoms. The number of hydrogen-bond acceptors (Lipinski definition) is 5. The molecular weight excluding hydrogens is 356 g/mol. The minimum absolute atomic E-state index is 0.0978. The van der Waals surface area contributed by atoms with Gasteiger partial charge < -0.3 is 14.8 Å². The molecule has 1 amide bonds. The number of rotatable bonds is 8. The van der Waals surface area contributed by atoms with E-state index >= 15 is 0 Å². The number of hydrogen-bond donors (Lipinski definition) is 1. The second kappa shape index (κ2) is 10.2. The molecule has 0 radical (unpaired) electrons. The maximum Gasteiger partial charge on any atom is 0.310 e. The van der Waals surface area contributed by atoms with Crippen LogP contribution in [-0.2, 0) is 14.3 Å². The Bertz CT molecular complexity index is 667. The van der Waals surface area contributed by atoms with Crippen LogP contribution in [0.15, 0.2) is 29.3 Å². The molecule has 0 fully saturated rings. The van der Waals surface area contributed by atoms with Crippen LogP contribution in [0.1, 0.15) is 53.5 Å². The van der Waals surface area contributed by atoms with Crippen LogP contribution in [0.2, 0.25) is 0 Å². The van der Waals surface area contributed by atoms with Crippen LogP contribution in [0.4, 0.5) is 0 Å². The number of carbonyl (C=O) groups is 2. The molecule has 0 spiro atoms. The largest absolute Gasteiger partial charge is 0.497 e. The molecule has 1 N–H and O–H groups in total. The SMILES string of the molecule is COc1ccc(C=NCCNC(=O)CC(C(=O)OC(C)(C)C)C(C)(C)C)cc1. The first-order valence-corrected chi connectivity index (χ1v) is 9.56. The van der Waals surface area contributed by atoms with Crippen molar-refractivity contribution in [3.05, 3.63) is 29.8 Å². The molecule has 6 nitrogen and oxygen atoms in total. The van der Waals surface area contributed by atoms with E-state index in [1.54, 1.807) is 13.3 Å². The summed E-state index contributed by atoms with van der Waals surface area (Å²) in [6, 6.07) is 7.56. The lowest BCUT2D eigenvalue weighted by atomic mass is 9.78. The third kappa shape index (κ3) is 9.02. The van der Waals surface area contributed by atoms with Gasteiger partial charge in [0.15, 0.2) is 0 Å². The molecule has 28 heavy (non-hydrogen) atoms. The molecule has 0 aliphatic carbocycles. The van der Waals surface area contributed by atoms with Gasteiger partial charge in [-0.05, 0) is 56.0 Å². The van der Waals surface area contributed by atoms with Gasteiger partial charge in [-0.25, -0.2) is 0 Å². The van der Waals surface area contributed by atoms with E-state index in [0.29, 0.717) is 13.1 Å². The fraction of sp³-hybridized carbons (Fsp3) is 0.591. The maximum absolute atomic E-state index is 12.5. The quantitative estimate of drug-likeness (QED) is 0.418. The normalized spacial score (nSPS) is 13.2. The molecule has 0 saturated heterocycles. The number of amides is 1. The number of carbonyl (C=O) groups excluding carboxylic acids is 2. The summed E-state index contributed by atoms with van der Waals surface area (Å²) in [6.07, 6.45) is 1.85. The van der Waals surface area contributed by atoms with Crippen LogP contribution in [0.25, 0.3) is 0 Å². The van der Waals surface area contributed by atoms with Crippen LogP contribution in [0.3, 0.4) is 0 Å². The molecule has 0 aromatic heterocycles. The lowest BCUT2D eigenvalue weighted by molar-refractivity contribution is -0.165. The first kappa shape index (κ1) is 23.7. The lowest BCUT2D eigenvalue weighted by Crippen LogP contribution is -2.39. The van der Waals surface area contributed by atoms with E-state index in [-0.39, 0.29) is 23.7 Å². The van der Waals surface area contributed by atoms with Crippen LogP contribution < -0.4 is 10.1 Å². The highest BCUT2D eigenvalue weighted by atomic mass is 16.6. The smallest absolute Gasteiger partial charge is 0.310 e. The minimum Gasteiger partial charge on any atom is -0.497 e. The zero-order chi connectivity index (χ0) is 21.4. The monoisotopic (exact) mass is 390 g/mol. The van der Waals surface area contributed by atoms with Crippen LogP contribution >= 0.6 is 0 Å². The zero-order valence-corrected chi connectivity index (χ0v) is 18.2. The molecule has 6 heteroatoms. The second-order valence-corrected chi connectivity index (χ2v) is 8.81. The van der Waals surface area contributed by atoms with E-state index < -0.39 is 11.5 Å². The molecular formula is C22H34N2O4. The summed E-state index contributed by atoms with van der Waals surface area (Å²) >= 11 is 0. The van der Waals surface area contributed by atoms with Gasteiger partial charge in [0.2, 0.25) is 5.91 Å². The Morgan fingerprint density at radius 3 is 2.21 bits per heavy atom. The average Bonchev–Trinajstić information content (AvgIpc) is 2.57. The summed E-state index contributed by atoms with van der Waals surface area (Å²) in [7, 11) is 1.62. The predicted molar refractivity (Wildman–Crippen MR) is 112 cm³/mol. The highest BCUT2D eigenvalue weighted by molar-refractivity contribution is 5.83. The van der Waals surface area contributed by atoms with Crippen molar-refractivity contribution >= 4 is 18.1 Å². The van der Waals surface area contributed by atoms with E-state index in [1.165, 1.54) is 0 Å². The van der Waals surface area contributed by atoms with E-state index in [1.807, 2.05) is 65.8 Å². The van der Waals surface area contributed by atoms with Crippen molar-refractivity contribution in [1.29, 1.82) is 0 Å². The Hall–Kier alpha value is -2.37. The number of aliphatic imine (C=N–C) groups is 1. The van der Waals surface area contributed by atoms with Gasteiger partial charge in [0.05, 0.1) is 19.6 Å². The van der Waals surface area contributed by atoms with E-state index in [9.17, 15) is 9.59 Å². The topological polar surface area (TPSA) is 77.0 Å². The summed E-state index contributed by atoms with van der Waals surface area (Å²) < 4.78 is 10.6. The van der Waals surface area contributed by atoms with Gasteiger partial charge in [0.1, 0.15) is 11.4 Å². The van der Waals surface area contributed by atoms with Crippen molar-refractivity contribution in [3.63, 3.8) is 0 Å². The summed E-state index contributed by atoms with van der Waals surface area (Å²) in [5.74, 6) is -0.226. The van der Waals surface area contributed by atoms with Crippen molar-refractivity contribution in [3.8, 4) is 5.75 Å². The average molecular weight is 391 g/mol. The molecule has 1 atom stereocenters. The van der Waals surface area contributed by atoms with Crippen molar-refractivity contribution in [1.82, 2.24) is 5.32 Å². The van der Waals surface area contributed by atoms with Gasteiger partial charge in [0.25, 0.3) is 0 Å². The number of esters is 1. The van der Waals surface area contributed by atoms with E-state index in [2.05, 4.69) is 10.3 Å². The molecule has 1 aromatic rings.